The first-order valence-electron chi connectivity index (χ1n) is 7.73. The molecule has 2 N–H and O–H groups in total. The molecule has 0 radical (unpaired) electrons. The molecule has 2 aromatic carbocycles. The van der Waals surface area contributed by atoms with Crippen molar-refractivity contribution in [3.05, 3.63) is 64.3 Å². The van der Waals surface area contributed by atoms with E-state index in [-0.39, 0.29) is 16.6 Å². The lowest BCUT2D eigenvalue weighted by Gasteiger charge is -2.10. The molecule has 0 aliphatic rings. The van der Waals surface area contributed by atoms with Gasteiger partial charge in [-0.05, 0) is 58.4 Å². The van der Waals surface area contributed by atoms with Crippen molar-refractivity contribution < 1.29 is 22.3 Å². The second-order valence-corrected chi connectivity index (χ2v) is 8.81. The van der Waals surface area contributed by atoms with E-state index in [4.69, 9.17) is 4.74 Å². The zero-order valence-corrected chi connectivity index (χ0v) is 17.3. The van der Waals surface area contributed by atoms with Crippen LogP contribution in [0.5, 0.6) is 5.75 Å². The number of ether oxygens (including phenoxy) is 1. The molecule has 146 valence electrons. The van der Waals surface area contributed by atoms with Crippen LogP contribution in [0.15, 0.2) is 63.4 Å². The third kappa shape index (κ3) is 5.27. The molecular weight excluding hydrogens is 473 g/mol. The van der Waals surface area contributed by atoms with E-state index >= 15 is 0 Å². The SMILES string of the molecule is O=C(COc1ccc(F)cc1Br)Nc1ccc(S(=O)(=O)Nc2nccs2)cc1. The molecular formula is C17H13BrFN3O4S2. The second kappa shape index (κ2) is 8.67. The van der Waals surface area contributed by atoms with Gasteiger partial charge in [-0.15, -0.1) is 11.3 Å². The van der Waals surface area contributed by atoms with E-state index in [0.29, 0.717) is 15.9 Å². The van der Waals surface area contributed by atoms with Gasteiger partial charge < -0.3 is 10.1 Å². The minimum atomic E-state index is -3.76. The average Bonchev–Trinajstić information content (AvgIpc) is 3.14. The van der Waals surface area contributed by atoms with Crippen molar-refractivity contribution in [2.75, 3.05) is 16.6 Å². The molecule has 0 aliphatic carbocycles. The van der Waals surface area contributed by atoms with Crippen molar-refractivity contribution in [2.45, 2.75) is 4.90 Å². The Morgan fingerprint density at radius 1 is 1.21 bits per heavy atom. The summed E-state index contributed by atoms with van der Waals surface area (Å²) < 4.78 is 45.7. The van der Waals surface area contributed by atoms with Crippen LogP contribution in [0.3, 0.4) is 0 Å². The number of nitrogens with one attached hydrogen (secondary N) is 2. The number of hydrogen-bond acceptors (Lipinski definition) is 6. The molecule has 1 amide bonds. The van der Waals surface area contributed by atoms with Crippen LogP contribution in [0.2, 0.25) is 0 Å². The van der Waals surface area contributed by atoms with Gasteiger partial charge in [0.2, 0.25) is 0 Å². The summed E-state index contributed by atoms with van der Waals surface area (Å²) in [6.45, 7) is -0.296. The van der Waals surface area contributed by atoms with Gasteiger partial charge in [0, 0.05) is 17.3 Å². The highest BCUT2D eigenvalue weighted by molar-refractivity contribution is 9.10. The van der Waals surface area contributed by atoms with Crippen molar-refractivity contribution in [1.82, 2.24) is 4.98 Å². The van der Waals surface area contributed by atoms with E-state index in [0.717, 1.165) is 11.3 Å². The van der Waals surface area contributed by atoms with Gasteiger partial charge in [-0.2, -0.15) is 0 Å². The molecule has 0 aliphatic heterocycles. The first kappa shape index (κ1) is 20.2. The number of aromatic nitrogens is 1. The number of nitrogens with zero attached hydrogens (tertiary/aromatic N) is 1. The van der Waals surface area contributed by atoms with Crippen LogP contribution in [0.25, 0.3) is 0 Å². The lowest BCUT2D eigenvalue weighted by molar-refractivity contribution is -0.118. The van der Waals surface area contributed by atoms with Gasteiger partial charge in [-0.1, -0.05) is 0 Å². The lowest BCUT2D eigenvalue weighted by atomic mass is 10.3. The Hall–Kier alpha value is -2.50. The van der Waals surface area contributed by atoms with E-state index in [2.05, 4.69) is 31.0 Å². The number of thiazole rings is 1. The Balaban J connectivity index is 1.58. The summed E-state index contributed by atoms with van der Waals surface area (Å²) in [5.74, 6) is -0.554. The first-order chi connectivity index (χ1) is 13.3. The van der Waals surface area contributed by atoms with Gasteiger partial charge in [0.05, 0.1) is 9.37 Å². The Kier molecular flexibility index (Phi) is 6.27. The summed E-state index contributed by atoms with van der Waals surface area (Å²) in [5, 5.41) is 4.51. The van der Waals surface area contributed by atoms with E-state index in [1.54, 1.807) is 5.38 Å². The summed E-state index contributed by atoms with van der Waals surface area (Å²) in [6, 6.07) is 9.50. The normalized spacial score (nSPS) is 11.1. The molecule has 3 rings (SSSR count). The molecule has 0 saturated heterocycles. The number of hydrogen-bond donors (Lipinski definition) is 2. The fourth-order valence-electron chi connectivity index (χ4n) is 2.10. The molecule has 0 spiro atoms. The van der Waals surface area contributed by atoms with Crippen molar-refractivity contribution in [3.8, 4) is 5.75 Å². The van der Waals surface area contributed by atoms with Crippen molar-refractivity contribution in [3.63, 3.8) is 0 Å². The van der Waals surface area contributed by atoms with Gasteiger partial charge >= 0.3 is 0 Å². The van der Waals surface area contributed by atoms with Crippen molar-refractivity contribution in [1.29, 1.82) is 0 Å². The molecule has 1 heterocycles. The third-order valence-electron chi connectivity index (χ3n) is 3.36. The average molecular weight is 486 g/mol. The van der Waals surface area contributed by atoms with Crippen LogP contribution < -0.4 is 14.8 Å². The molecule has 0 bridgehead atoms. The maximum absolute atomic E-state index is 13.0. The van der Waals surface area contributed by atoms with Gasteiger partial charge in [-0.25, -0.2) is 17.8 Å². The van der Waals surface area contributed by atoms with Gasteiger partial charge in [0.25, 0.3) is 15.9 Å². The van der Waals surface area contributed by atoms with Crippen LogP contribution in [0.4, 0.5) is 15.2 Å². The topological polar surface area (TPSA) is 97.4 Å². The fraction of sp³-hybridized carbons (Fsp3) is 0.0588. The van der Waals surface area contributed by atoms with Gasteiger partial charge in [0.15, 0.2) is 11.7 Å². The monoisotopic (exact) mass is 485 g/mol. The Morgan fingerprint density at radius 3 is 2.61 bits per heavy atom. The van der Waals surface area contributed by atoms with Crippen molar-refractivity contribution in [2.24, 2.45) is 0 Å². The summed E-state index contributed by atoms with van der Waals surface area (Å²) in [5.41, 5.74) is 0.403. The molecule has 0 fully saturated rings. The van der Waals surface area contributed by atoms with Crippen LogP contribution in [-0.2, 0) is 14.8 Å². The highest BCUT2D eigenvalue weighted by atomic mass is 79.9. The predicted molar refractivity (Wildman–Crippen MR) is 108 cm³/mol. The Morgan fingerprint density at radius 2 is 1.96 bits per heavy atom. The van der Waals surface area contributed by atoms with E-state index in [9.17, 15) is 17.6 Å². The number of amides is 1. The number of carbonyl (C=O) groups excluding carboxylic acids is 1. The van der Waals surface area contributed by atoms with Crippen LogP contribution >= 0.6 is 27.3 Å². The summed E-state index contributed by atoms with van der Waals surface area (Å²) in [7, 11) is -3.76. The molecule has 28 heavy (non-hydrogen) atoms. The highest BCUT2D eigenvalue weighted by Crippen LogP contribution is 2.25. The zero-order valence-electron chi connectivity index (χ0n) is 14.1. The number of halogens is 2. The minimum Gasteiger partial charge on any atom is -0.483 e. The highest BCUT2D eigenvalue weighted by Gasteiger charge is 2.15. The summed E-state index contributed by atoms with van der Waals surface area (Å²) >= 11 is 4.31. The van der Waals surface area contributed by atoms with Crippen LogP contribution in [0, 0.1) is 5.82 Å². The quantitative estimate of drug-likeness (QED) is 0.529. The van der Waals surface area contributed by atoms with E-state index in [1.807, 2.05) is 0 Å². The molecule has 0 unspecified atom stereocenters. The van der Waals surface area contributed by atoms with Gasteiger partial charge in [-0.3, -0.25) is 9.52 Å². The number of rotatable bonds is 7. The van der Waals surface area contributed by atoms with Crippen LogP contribution in [0.1, 0.15) is 0 Å². The smallest absolute Gasteiger partial charge is 0.263 e. The zero-order chi connectivity index (χ0) is 20.1. The second-order valence-electron chi connectivity index (χ2n) is 5.38. The largest absolute Gasteiger partial charge is 0.483 e. The van der Waals surface area contributed by atoms with E-state index in [1.165, 1.54) is 48.7 Å². The number of benzene rings is 2. The number of sulfonamides is 1. The number of carbonyl (C=O) groups is 1. The Labute approximate surface area is 172 Å². The maximum Gasteiger partial charge on any atom is 0.263 e. The first-order valence-corrected chi connectivity index (χ1v) is 10.9. The molecule has 0 atom stereocenters. The molecule has 1 aromatic heterocycles. The number of anilines is 2. The predicted octanol–water partition coefficient (Wildman–Crippen LogP) is 3.86. The molecule has 11 heteroatoms. The molecule has 3 aromatic rings. The fourth-order valence-corrected chi connectivity index (χ4v) is 4.35. The minimum absolute atomic E-state index is 0.0344. The lowest BCUT2D eigenvalue weighted by Crippen LogP contribution is -2.20. The third-order valence-corrected chi connectivity index (χ3v) is 6.15. The maximum atomic E-state index is 13.0. The summed E-state index contributed by atoms with van der Waals surface area (Å²) in [6.07, 6.45) is 1.49. The van der Waals surface area contributed by atoms with Crippen molar-refractivity contribution >= 4 is 54.0 Å². The van der Waals surface area contributed by atoms with Crippen LogP contribution in [-0.4, -0.2) is 25.9 Å². The standard InChI is InChI=1S/C17H13BrFN3O4S2/c18-14-9-11(19)1-6-15(14)26-10-16(23)21-12-2-4-13(5-3-12)28(24,25)22-17-20-7-8-27-17/h1-9H,10H2,(H,20,22)(H,21,23). The van der Waals surface area contributed by atoms with E-state index < -0.39 is 21.7 Å². The Bertz CT molecular complexity index is 1070. The molecule has 7 nitrogen and oxygen atoms in total. The van der Waals surface area contributed by atoms with Gasteiger partial charge in [0.1, 0.15) is 11.6 Å². The molecule has 0 saturated carbocycles. The summed E-state index contributed by atoms with van der Waals surface area (Å²) in [4.78, 5) is 15.9.